The van der Waals surface area contributed by atoms with Crippen LogP contribution in [0.2, 0.25) is 0 Å². The molecule has 11 heavy (non-hydrogen) atoms. The molecule has 0 fully saturated rings. The molecule has 0 amide bonds. The maximum absolute atomic E-state index is 10.1. The maximum atomic E-state index is 10.1. The summed E-state index contributed by atoms with van der Waals surface area (Å²) >= 11 is 0. The van der Waals surface area contributed by atoms with Crippen molar-refractivity contribution < 1.29 is 24.7 Å². The van der Waals surface area contributed by atoms with Crippen LogP contribution in [0.3, 0.4) is 0 Å². The highest BCUT2D eigenvalue weighted by molar-refractivity contribution is 4.14. The van der Waals surface area contributed by atoms with E-state index in [0.717, 1.165) is 7.11 Å². The van der Waals surface area contributed by atoms with Crippen LogP contribution in [0.4, 0.5) is 0 Å². The van der Waals surface area contributed by atoms with Crippen LogP contribution in [0.15, 0.2) is 0 Å². The van der Waals surface area contributed by atoms with Crippen LogP contribution in [0.5, 0.6) is 0 Å². The lowest BCUT2D eigenvalue weighted by Crippen LogP contribution is -2.14. The molecule has 0 aliphatic rings. The molecule has 0 unspecified atom stereocenters. The van der Waals surface area contributed by atoms with Gasteiger partial charge in [0.05, 0.1) is 0 Å². The van der Waals surface area contributed by atoms with Gasteiger partial charge in [-0.25, -0.2) is 0 Å². The second-order valence-electron chi connectivity index (χ2n) is 1.30. The van der Waals surface area contributed by atoms with Crippen molar-refractivity contribution in [2.45, 2.75) is 0 Å². The minimum absolute atomic E-state index is 0.177. The highest BCUT2D eigenvalue weighted by atomic mass is 17.0. The van der Waals surface area contributed by atoms with Gasteiger partial charge in [0, 0.05) is 0 Å². The summed E-state index contributed by atoms with van der Waals surface area (Å²) in [5.74, 6) is 0. The second-order valence-corrected chi connectivity index (χ2v) is 1.30. The van der Waals surface area contributed by atoms with Crippen molar-refractivity contribution in [3.8, 4) is 0 Å². The van der Waals surface area contributed by atoms with E-state index in [0.29, 0.717) is 0 Å². The Morgan fingerprint density at radius 3 is 2.27 bits per heavy atom. The number of hydrogen-bond acceptors (Lipinski definition) is 6. The van der Waals surface area contributed by atoms with Crippen molar-refractivity contribution in [2.24, 2.45) is 0 Å². The molecule has 0 aliphatic heterocycles. The predicted molar refractivity (Wildman–Crippen MR) is 29.5 cm³/mol. The highest BCUT2D eigenvalue weighted by Gasteiger charge is 2.07. The minimum Gasteiger partial charge on any atom is -0.310 e. The van der Waals surface area contributed by atoms with Gasteiger partial charge < -0.3 is 4.84 Å². The first-order chi connectivity index (χ1) is 5.16. The fourth-order valence-corrected chi connectivity index (χ4v) is 0.276. The third kappa shape index (κ3) is 6.28. The Bertz CT molecular complexity index is 147. The molecule has 0 spiro atoms. The smallest absolute Gasteiger partial charge is 0.310 e. The number of nitrogens with zero attached hydrogens (tertiary/aromatic N) is 2. The van der Waals surface area contributed by atoms with Gasteiger partial charge in [-0.1, -0.05) is 0 Å². The van der Waals surface area contributed by atoms with Crippen molar-refractivity contribution in [3.63, 3.8) is 0 Å². The molecule has 0 atom stereocenters. The van der Waals surface area contributed by atoms with Crippen LogP contribution in [0, 0.1) is 15.0 Å². The van der Waals surface area contributed by atoms with Crippen molar-refractivity contribution in [1.29, 1.82) is 0 Å². The van der Waals surface area contributed by atoms with Crippen molar-refractivity contribution in [3.05, 3.63) is 15.0 Å². The monoisotopic (exact) mass is 167 g/mol. The van der Waals surface area contributed by atoms with Gasteiger partial charge >= 0.3 is 5.09 Å². The molecule has 0 aliphatic carbocycles. The van der Waals surface area contributed by atoms with E-state index >= 15 is 0 Å². The molecule has 0 rings (SSSR count). The Morgan fingerprint density at radius 1 is 1.27 bits per heavy atom. The SMILES string of the molecule is CO[N+](=O)OCCO[N+](=O)[O-]. The summed E-state index contributed by atoms with van der Waals surface area (Å²) in [5.41, 5.74) is 0. The lowest BCUT2D eigenvalue weighted by molar-refractivity contribution is -0.977. The van der Waals surface area contributed by atoms with Crippen LogP contribution in [0.1, 0.15) is 0 Å². The van der Waals surface area contributed by atoms with Gasteiger partial charge in [-0.05, 0) is 0 Å². The summed E-state index contributed by atoms with van der Waals surface area (Å²) in [6, 6.07) is 0. The zero-order valence-electron chi connectivity index (χ0n) is 5.76. The molecule has 0 bridgehead atoms. The fraction of sp³-hybridized carbons (Fsp3) is 1.00. The third-order valence-corrected chi connectivity index (χ3v) is 0.626. The lowest BCUT2D eigenvalue weighted by Gasteiger charge is -1.91. The second kappa shape index (κ2) is 5.21. The summed E-state index contributed by atoms with van der Waals surface area (Å²) in [7, 11) is 1.10. The summed E-state index contributed by atoms with van der Waals surface area (Å²) in [4.78, 5) is 31.6. The van der Waals surface area contributed by atoms with Crippen LogP contribution < -0.4 is 0 Å². The summed E-state index contributed by atoms with van der Waals surface area (Å²) in [6.45, 7) is -0.548. The van der Waals surface area contributed by atoms with Crippen LogP contribution in [-0.4, -0.2) is 30.5 Å². The molecular weight excluding hydrogens is 160 g/mol. The van der Waals surface area contributed by atoms with E-state index in [9.17, 15) is 15.0 Å². The van der Waals surface area contributed by atoms with Crippen LogP contribution in [-0.2, 0) is 14.5 Å². The Morgan fingerprint density at radius 2 is 1.82 bits per heavy atom. The molecule has 0 heterocycles. The molecule has 0 saturated heterocycles. The first-order valence-corrected chi connectivity index (χ1v) is 2.58. The first-order valence-electron chi connectivity index (χ1n) is 2.58. The van der Waals surface area contributed by atoms with E-state index in [2.05, 4.69) is 14.5 Å². The Balaban J connectivity index is 3.14. The normalized spacial score (nSPS) is 8.45. The van der Waals surface area contributed by atoms with Gasteiger partial charge in [0.15, 0.2) is 13.7 Å². The molecular formula is C3H7N2O6+. The summed E-state index contributed by atoms with van der Waals surface area (Å²) in [5, 5.41) is 8.36. The highest BCUT2D eigenvalue weighted by Crippen LogP contribution is 1.80. The van der Waals surface area contributed by atoms with E-state index < -0.39 is 5.09 Å². The van der Waals surface area contributed by atoms with Gasteiger partial charge in [-0.15, -0.1) is 10.1 Å². The quantitative estimate of drug-likeness (QED) is 0.300. The fourth-order valence-electron chi connectivity index (χ4n) is 0.276. The Kier molecular flexibility index (Phi) is 4.45. The topological polar surface area (TPSA) is 90.9 Å². The van der Waals surface area contributed by atoms with Gasteiger partial charge in [0.1, 0.15) is 11.5 Å². The Hall–Kier alpha value is -1.60. The van der Waals surface area contributed by atoms with E-state index in [1.165, 1.54) is 0 Å². The van der Waals surface area contributed by atoms with Gasteiger partial charge in [0.25, 0.3) is 5.09 Å². The molecule has 0 aromatic rings. The van der Waals surface area contributed by atoms with E-state index in [-0.39, 0.29) is 18.3 Å². The molecule has 8 nitrogen and oxygen atoms in total. The van der Waals surface area contributed by atoms with Gasteiger partial charge in [-0.2, -0.15) is 9.68 Å². The summed E-state index contributed by atoms with van der Waals surface area (Å²) < 4.78 is 0. The molecule has 0 radical (unpaired) electrons. The molecule has 0 saturated carbocycles. The molecule has 64 valence electrons. The first kappa shape index (κ1) is 9.40. The zero-order valence-corrected chi connectivity index (χ0v) is 5.76. The van der Waals surface area contributed by atoms with Crippen LogP contribution in [0.25, 0.3) is 0 Å². The molecule has 0 aromatic heterocycles. The lowest BCUT2D eigenvalue weighted by atomic mass is 10.8. The largest absolute Gasteiger partial charge is 0.477 e. The molecule has 0 N–H and O–H groups in total. The van der Waals surface area contributed by atoms with E-state index in [1.54, 1.807) is 0 Å². The van der Waals surface area contributed by atoms with Crippen molar-refractivity contribution in [1.82, 2.24) is 0 Å². The van der Waals surface area contributed by atoms with E-state index in [4.69, 9.17) is 0 Å². The zero-order chi connectivity index (χ0) is 8.69. The third-order valence-electron chi connectivity index (χ3n) is 0.626. The number of rotatable bonds is 6. The Labute approximate surface area is 61.2 Å². The van der Waals surface area contributed by atoms with Crippen LogP contribution >= 0.6 is 0 Å². The molecule has 8 heteroatoms. The van der Waals surface area contributed by atoms with Gasteiger partial charge in [-0.3, -0.25) is 0 Å². The van der Waals surface area contributed by atoms with Gasteiger partial charge in [0.2, 0.25) is 0 Å². The maximum Gasteiger partial charge on any atom is 0.477 e. The molecule has 0 aromatic carbocycles. The number of hydrogen-bond donors (Lipinski definition) is 0. The van der Waals surface area contributed by atoms with Crippen molar-refractivity contribution in [2.75, 3.05) is 20.3 Å². The standard InChI is InChI=1S/C3H7N2O6/c1-9-5(8)11-3-2-10-4(6)7/h2-3H2,1H3/q+1. The average molecular weight is 167 g/mol. The summed E-state index contributed by atoms with van der Waals surface area (Å²) in [6.07, 6.45) is 0. The van der Waals surface area contributed by atoms with Crippen molar-refractivity contribution >= 4 is 0 Å². The average Bonchev–Trinajstić information content (AvgIpc) is 1.97. The van der Waals surface area contributed by atoms with E-state index in [1.807, 2.05) is 0 Å². The predicted octanol–water partition coefficient (Wildman–Crippen LogP) is -0.533. The minimum atomic E-state index is -0.981.